The Hall–Kier alpha value is -0.330. The molecule has 0 amide bonds. The second-order valence-electron chi connectivity index (χ2n) is 4.08. The molecule has 2 rings (SSSR count). The molecule has 1 heteroatoms. The zero-order valence-electron chi connectivity index (χ0n) is 7.01. The van der Waals surface area contributed by atoms with Crippen molar-refractivity contribution in [2.75, 3.05) is 0 Å². The number of Topliss-reactive ketones (excluding diaryl/α,β-unsaturated/α-hetero) is 1. The zero-order valence-corrected chi connectivity index (χ0v) is 7.01. The number of carbonyl (C=O) groups is 1. The molecular weight excluding hydrogens is 136 g/mol. The van der Waals surface area contributed by atoms with Gasteiger partial charge in [0, 0.05) is 12.3 Å². The molecule has 0 N–H and O–H groups in total. The van der Waals surface area contributed by atoms with Gasteiger partial charge in [0.2, 0.25) is 0 Å². The van der Waals surface area contributed by atoms with E-state index in [0.29, 0.717) is 11.7 Å². The molecule has 2 saturated carbocycles. The van der Waals surface area contributed by atoms with E-state index in [4.69, 9.17) is 0 Å². The van der Waals surface area contributed by atoms with E-state index >= 15 is 0 Å². The highest BCUT2D eigenvalue weighted by Gasteiger charge is 2.29. The average molecular weight is 152 g/mol. The molecular formula is C10H16O. The molecule has 1 nitrogen and oxygen atoms in total. The number of rotatable bonds is 4. The van der Waals surface area contributed by atoms with E-state index in [2.05, 4.69) is 0 Å². The maximum absolute atomic E-state index is 11.2. The lowest BCUT2D eigenvalue weighted by atomic mass is 9.81. The summed E-state index contributed by atoms with van der Waals surface area (Å²) in [6.45, 7) is 0. The summed E-state index contributed by atoms with van der Waals surface area (Å²) in [7, 11) is 0. The SMILES string of the molecule is O=C(CCC1CCC1)C1CC1. The number of carbonyl (C=O) groups excluding carboxylic acids is 1. The van der Waals surface area contributed by atoms with Gasteiger partial charge in [-0.3, -0.25) is 4.79 Å². The lowest BCUT2D eigenvalue weighted by Gasteiger charge is -2.24. The maximum atomic E-state index is 11.2. The van der Waals surface area contributed by atoms with E-state index in [0.717, 1.165) is 12.3 Å². The first-order valence-corrected chi connectivity index (χ1v) is 4.89. The molecule has 0 aliphatic heterocycles. The first-order valence-electron chi connectivity index (χ1n) is 4.89. The minimum Gasteiger partial charge on any atom is -0.299 e. The first kappa shape index (κ1) is 7.33. The maximum Gasteiger partial charge on any atom is 0.135 e. The highest BCUT2D eigenvalue weighted by atomic mass is 16.1. The van der Waals surface area contributed by atoms with E-state index in [1.807, 2.05) is 0 Å². The molecule has 0 heterocycles. The largest absolute Gasteiger partial charge is 0.299 e. The molecule has 62 valence electrons. The summed E-state index contributed by atoms with van der Waals surface area (Å²) in [5.74, 6) is 1.96. The van der Waals surface area contributed by atoms with Crippen molar-refractivity contribution in [1.29, 1.82) is 0 Å². The van der Waals surface area contributed by atoms with Gasteiger partial charge >= 0.3 is 0 Å². The number of hydrogen-bond acceptors (Lipinski definition) is 1. The van der Waals surface area contributed by atoms with Gasteiger partial charge in [-0.2, -0.15) is 0 Å². The van der Waals surface area contributed by atoms with Gasteiger partial charge in [0.1, 0.15) is 5.78 Å². The normalized spacial score (nSPS) is 24.7. The van der Waals surface area contributed by atoms with Crippen molar-refractivity contribution >= 4 is 5.78 Å². The van der Waals surface area contributed by atoms with Crippen molar-refractivity contribution in [2.24, 2.45) is 11.8 Å². The van der Waals surface area contributed by atoms with Crippen molar-refractivity contribution in [3.8, 4) is 0 Å². The second-order valence-corrected chi connectivity index (χ2v) is 4.08. The summed E-state index contributed by atoms with van der Waals surface area (Å²) >= 11 is 0. The summed E-state index contributed by atoms with van der Waals surface area (Å²) in [4.78, 5) is 11.2. The van der Waals surface area contributed by atoms with Gasteiger partial charge in [0.15, 0.2) is 0 Å². The predicted molar refractivity (Wildman–Crippen MR) is 44.3 cm³/mol. The van der Waals surface area contributed by atoms with Crippen LogP contribution < -0.4 is 0 Å². The van der Waals surface area contributed by atoms with Crippen LogP contribution in [0, 0.1) is 11.8 Å². The van der Waals surface area contributed by atoms with Gasteiger partial charge in [-0.1, -0.05) is 19.3 Å². The van der Waals surface area contributed by atoms with Crippen LogP contribution in [0.1, 0.15) is 44.9 Å². The number of ketones is 1. The molecule has 11 heavy (non-hydrogen) atoms. The molecule has 2 fully saturated rings. The Morgan fingerprint density at radius 1 is 1.18 bits per heavy atom. The third-order valence-electron chi connectivity index (χ3n) is 3.06. The summed E-state index contributed by atoms with van der Waals surface area (Å²) in [6, 6.07) is 0. The van der Waals surface area contributed by atoms with Gasteiger partial charge in [0.05, 0.1) is 0 Å². The van der Waals surface area contributed by atoms with E-state index < -0.39 is 0 Å². The molecule has 0 unspecified atom stereocenters. The summed E-state index contributed by atoms with van der Waals surface area (Å²) < 4.78 is 0. The zero-order chi connectivity index (χ0) is 7.68. The highest BCUT2D eigenvalue weighted by molar-refractivity contribution is 5.83. The predicted octanol–water partition coefficient (Wildman–Crippen LogP) is 2.55. The van der Waals surface area contributed by atoms with Gasteiger partial charge in [-0.15, -0.1) is 0 Å². The second kappa shape index (κ2) is 2.96. The van der Waals surface area contributed by atoms with Crippen molar-refractivity contribution in [3.63, 3.8) is 0 Å². The quantitative estimate of drug-likeness (QED) is 0.605. The fourth-order valence-electron chi connectivity index (χ4n) is 1.74. The Balaban J connectivity index is 1.60. The van der Waals surface area contributed by atoms with E-state index in [1.165, 1.54) is 38.5 Å². The highest BCUT2D eigenvalue weighted by Crippen LogP contribution is 2.35. The van der Waals surface area contributed by atoms with Gasteiger partial charge in [-0.25, -0.2) is 0 Å². The fraction of sp³-hybridized carbons (Fsp3) is 0.900. The van der Waals surface area contributed by atoms with Crippen LogP contribution in [-0.4, -0.2) is 5.78 Å². The standard InChI is InChI=1S/C10H16O/c11-10(9-5-6-9)7-4-8-2-1-3-8/h8-9H,1-7H2. The number of hydrogen-bond donors (Lipinski definition) is 0. The van der Waals surface area contributed by atoms with Crippen LogP contribution in [0.5, 0.6) is 0 Å². The lowest BCUT2D eigenvalue weighted by molar-refractivity contribution is -0.120. The van der Waals surface area contributed by atoms with Gasteiger partial charge in [0.25, 0.3) is 0 Å². The van der Waals surface area contributed by atoms with E-state index in [9.17, 15) is 4.79 Å². The molecule has 2 aliphatic carbocycles. The third-order valence-corrected chi connectivity index (χ3v) is 3.06. The van der Waals surface area contributed by atoms with E-state index in [-0.39, 0.29) is 0 Å². The molecule has 0 spiro atoms. The Kier molecular flexibility index (Phi) is 1.97. The van der Waals surface area contributed by atoms with Crippen LogP contribution in [0.15, 0.2) is 0 Å². The average Bonchev–Trinajstić information content (AvgIpc) is 2.64. The van der Waals surface area contributed by atoms with Crippen LogP contribution in [0.2, 0.25) is 0 Å². The Morgan fingerprint density at radius 3 is 2.36 bits per heavy atom. The van der Waals surface area contributed by atoms with Gasteiger partial charge in [-0.05, 0) is 25.2 Å². The van der Waals surface area contributed by atoms with E-state index in [1.54, 1.807) is 0 Å². The van der Waals surface area contributed by atoms with Crippen LogP contribution >= 0.6 is 0 Å². The van der Waals surface area contributed by atoms with Gasteiger partial charge < -0.3 is 0 Å². The monoisotopic (exact) mass is 152 g/mol. The third kappa shape index (κ3) is 1.82. The Labute approximate surface area is 68.2 Å². The smallest absolute Gasteiger partial charge is 0.135 e. The summed E-state index contributed by atoms with van der Waals surface area (Å²) in [6.07, 6.45) is 8.62. The van der Waals surface area contributed by atoms with Crippen LogP contribution in [-0.2, 0) is 4.79 Å². The molecule has 2 aliphatic rings. The van der Waals surface area contributed by atoms with Crippen molar-refractivity contribution in [3.05, 3.63) is 0 Å². The molecule has 0 aromatic carbocycles. The molecule has 0 saturated heterocycles. The fourth-order valence-corrected chi connectivity index (χ4v) is 1.74. The first-order chi connectivity index (χ1) is 5.36. The molecule has 0 aromatic rings. The van der Waals surface area contributed by atoms with Crippen LogP contribution in [0.4, 0.5) is 0 Å². The van der Waals surface area contributed by atoms with Crippen molar-refractivity contribution in [2.45, 2.75) is 44.9 Å². The van der Waals surface area contributed by atoms with Crippen LogP contribution in [0.25, 0.3) is 0 Å². The summed E-state index contributed by atoms with van der Waals surface area (Å²) in [5, 5.41) is 0. The minimum absolute atomic E-state index is 0.495. The Bertz CT molecular complexity index is 154. The summed E-state index contributed by atoms with van der Waals surface area (Å²) in [5.41, 5.74) is 0. The van der Waals surface area contributed by atoms with Crippen molar-refractivity contribution in [1.82, 2.24) is 0 Å². The molecule has 0 radical (unpaired) electrons. The topological polar surface area (TPSA) is 17.1 Å². The molecule has 0 aromatic heterocycles. The lowest BCUT2D eigenvalue weighted by Crippen LogP contribution is -2.13. The molecule has 0 bridgehead atoms. The van der Waals surface area contributed by atoms with Crippen LogP contribution in [0.3, 0.4) is 0 Å². The molecule has 0 atom stereocenters. The van der Waals surface area contributed by atoms with Crippen molar-refractivity contribution < 1.29 is 4.79 Å². The Morgan fingerprint density at radius 2 is 1.91 bits per heavy atom. The minimum atomic E-state index is 0.495.